The molecule has 0 atom stereocenters. The number of nitrogens with zero attached hydrogens (tertiary/aromatic N) is 1. The average molecular weight is 271 g/mol. The van der Waals surface area contributed by atoms with Gasteiger partial charge in [-0.05, 0) is 25.2 Å². The van der Waals surface area contributed by atoms with E-state index in [0.29, 0.717) is 19.6 Å². The van der Waals surface area contributed by atoms with Crippen LogP contribution >= 0.6 is 0 Å². The van der Waals surface area contributed by atoms with Crippen molar-refractivity contribution >= 4 is 10.0 Å². The van der Waals surface area contributed by atoms with Gasteiger partial charge in [0.2, 0.25) is 10.0 Å². The fourth-order valence-electron chi connectivity index (χ4n) is 1.54. The third-order valence-corrected chi connectivity index (χ3v) is 3.82. The molecule has 18 heavy (non-hydrogen) atoms. The van der Waals surface area contributed by atoms with Gasteiger partial charge in [-0.3, -0.25) is 0 Å². The number of likely N-dealkylation sites (N-methyl/N-ethyl adjacent to an activating group) is 1. The molecule has 1 rings (SSSR count). The van der Waals surface area contributed by atoms with Crippen molar-refractivity contribution < 1.29 is 8.42 Å². The zero-order valence-corrected chi connectivity index (χ0v) is 11.7. The lowest BCUT2D eigenvalue weighted by atomic mass is 10.1. The van der Waals surface area contributed by atoms with Gasteiger partial charge in [0.15, 0.2) is 0 Å². The van der Waals surface area contributed by atoms with Gasteiger partial charge in [0.25, 0.3) is 0 Å². The summed E-state index contributed by atoms with van der Waals surface area (Å²) in [4.78, 5) is 1.93. The van der Waals surface area contributed by atoms with Gasteiger partial charge in [-0.15, -0.1) is 0 Å². The summed E-state index contributed by atoms with van der Waals surface area (Å²) < 4.78 is 26.2. The van der Waals surface area contributed by atoms with Crippen LogP contribution in [0.15, 0.2) is 24.3 Å². The number of nitrogens with two attached hydrogens (primary N) is 1. The molecule has 0 aliphatic heterocycles. The van der Waals surface area contributed by atoms with Crippen molar-refractivity contribution in [3.05, 3.63) is 35.4 Å². The molecule has 1 aromatic rings. The molecule has 0 heterocycles. The summed E-state index contributed by atoms with van der Waals surface area (Å²) in [5, 5.41) is 0. The maximum absolute atomic E-state index is 11.8. The highest BCUT2D eigenvalue weighted by molar-refractivity contribution is 7.88. The molecule has 1 aromatic carbocycles. The minimum Gasteiger partial charge on any atom is -0.326 e. The van der Waals surface area contributed by atoms with Crippen molar-refractivity contribution in [2.24, 2.45) is 5.73 Å². The fraction of sp³-hybridized carbons (Fsp3) is 0.500. The Kier molecular flexibility index (Phi) is 5.74. The monoisotopic (exact) mass is 271 g/mol. The number of hydrogen-bond acceptors (Lipinski definition) is 4. The molecule has 0 bridgehead atoms. The number of sulfonamides is 1. The zero-order valence-electron chi connectivity index (χ0n) is 10.9. The first-order chi connectivity index (χ1) is 8.43. The first-order valence-electron chi connectivity index (χ1n) is 5.83. The summed E-state index contributed by atoms with van der Waals surface area (Å²) in [7, 11) is 0.531. The molecule has 0 unspecified atom stereocenters. The van der Waals surface area contributed by atoms with Crippen LogP contribution in [0.3, 0.4) is 0 Å². The minimum atomic E-state index is -3.27. The van der Waals surface area contributed by atoms with E-state index in [0.717, 1.165) is 11.1 Å². The summed E-state index contributed by atoms with van der Waals surface area (Å²) >= 11 is 0. The van der Waals surface area contributed by atoms with Gasteiger partial charge in [0, 0.05) is 19.6 Å². The largest absolute Gasteiger partial charge is 0.326 e. The molecular formula is C12H21N3O2S. The summed E-state index contributed by atoms with van der Waals surface area (Å²) in [5.41, 5.74) is 7.23. The van der Waals surface area contributed by atoms with E-state index in [-0.39, 0.29) is 5.75 Å². The molecule has 0 radical (unpaired) electrons. The molecule has 0 saturated heterocycles. The van der Waals surface area contributed by atoms with E-state index in [1.165, 1.54) is 0 Å². The summed E-state index contributed by atoms with van der Waals surface area (Å²) in [6.07, 6.45) is 0. The molecule has 3 N–H and O–H groups in total. The average Bonchev–Trinajstić information content (AvgIpc) is 2.27. The molecule has 0 fully saturated rings. The van der Waals surface area contributed by atoms with Gasteiger partial charge < -0.3 is 10.6 Å². The highest BCUT2D eigenvalue weighted by Crippen LogP contribution is 2.08. The Bertz CT molecular complexity index is 472. The van der Waals surface area contributed by atoms with Crippen molar-refractivity contribution in [2.45, 2.75) is 12.3 Å². The Labute approximate surface area is 109 Å². The highest BCUT2D eigenvalue weighted by atomic mass is 32.2. The molecular weight excluding hydrogens is 250 g/mol. The zero-order chi connectivity index (χ0) is 13.6. The molecule has 102 valence electrons. The van der Waals surface area contributed by atoms with Gasteiger partial charge >= 0.3 is 0 Å². The third-order valence-electron chi connectivity index (χ3n) is 2.46. The lowest BCUT2D eigenvalue weighted by molar-refractivity contribution is 0.412. The van der Waals surface area contributed by atoms with Crippen LogP contribution < -0.4 is 10.5 Å². The number of nitrogens with one attached hydrogen (secondary N) is 1. The highest BCUT2D eigenvalue weighted by Gasteiger charge is 2.11. The Morgan fingerprint density at radius 1 is 1.28 bits per heavy atom. The van der Waals surface area contributed by atoms with Crippen LogP contribution in [-0.4, -0.2) is 40.5 Å². The lowest BCUT2D eigenvalue weighted by Crippen LogP contribution is -2.32. The second-order valence-electron chi connectivity index (χ2n) is 4.48. The van der Waals surface area contributed by atoms with Crippen LogP contribution in [0.25, 0.3) is 0 Å². The van der Waals surface area contributed by atoms with Crippen LogP contribution in [0.1, 0.15) is 11.1 Å². The quantitative estimate of drug-likeness (QED) is 0.739. The van der Waals surface area contributed by atoms with Gasteiger partial charge in [-0.2, -0.15) is 0 Å². The second kappa shape index (κ2) is 6.84. The standard InChI is InChI=1S/C12H21N3O2S/c1-15(2)7-6-14-18(16,17)10-12-5-3-4-11(8-12)9-13/h3-5,8,14H,6-7,9-10,13H2,1-2H3. The van der Waals surface area contributed by atoms with Gasteiger partial charge in [0.05, 0.1) is 5.75 Å². The number of hydrogen-bond donors (Lipinski definition) is 2. The number of rotatable bonds is 7. The fourth-order valence-corrected chi connectivity index (χ4v) is 2.66. The van der Waals surface area contributed by atoms with E-state index in [2.05, 4.69) is 4.72 Å². The Hall–Kier alpha value is -0.950. The Morgan fingerprint density at radius 3 is 2.56 bits per heavy atom. The summed E-state index contributed by atoms with van der Waals surface area (Å²) in [5.74, 6) is -0.00569. The van der Waals surface area contributed by atoms with Crippen molar-refractivity contribution in [3.8, 4) is 0 Å². The molecule has 5 nitrogen and oxygen atoms in total. The van der Waals surface area contributed by atoms with Gasteiger partial charge in [-0.1, -0.05) is 24.3 Å². The molecule has 0 aliphatic rings. The van der Waals surface area contributed by atoms with E-state index in [1.807, 2.05) is 37.2 Å². The Balaban J connectivity index is 2.59. The first kappa shape index (κ1) is 15.1. The van der Waals surface area contributed by atoms with Crippen LogP contribution in [0.2, 0.25) is 0 Å². The molecule has 0 aliphatic carbocycles. The van der Waals surface area contributed by atoms with Crippen molar-refractivity contribution in [1.29, 1.82) is 0 Å². The van der Waals surface area contributed by atoms with Crippen LogP contribution in [0.5, 0.6) is 0 Å². The van der Waals surface area contributed by atoms with E-state index < -0.39 is 10.0 Å². The molecule has 0 aromatic heterocycles. The molecule has 0 amide bonds. The smallest absolute Gasteiger partial charge is 0.215 e. The van der Waals surface area contributed by atoms with E-state index in [9.17, 15) is 8.42 Å². The SMILES string of the molecule is CN(C)CCNS(=O)(=O)Cc1cccc(CN)c1. The minimum absolute atomic E-state index is 0.00569. The van der Waals surface area contributed by atoms with Crippen LogP contribution in [0.4, 0.5) is 0 Å². The van der Waals surface area contributed by atoms with Crippen LogP contribution in [-0.2, 0) is 22.3 Å². The van der Waals surface area contributed by atoms with Crippen molar-refractivity contribution in [1.82, 2.24) is 9.62 Å². The normalized spacial score (nSPS) is 12.0. The molecule has 6 heteroatoms. The number of benzene rings is 1. The van der Waals surface area contributed by atoms with Crippen molar-refractivity contribution in [2.75, 3.05) is 27.2 Å². The summed E-state index contributed by atoms with van der Waals surface area (Å²) in [6.45, 7) is 1.52. The van der Waals surface area contributed by atoms with E-state index in [4.69, 9.17) is 5.73 Å². The van der Waals surface area contributed by atoms with E-state index in [1.54, 1.807) is 6.07 Å². The maximum Gasteiger partial charge on any atom is 0.215 e. The first-order valence-corrected chi connectivity index (χ1v) is 7.48. The predicted octanol–water partition coefficient (Wildman–Crippen LogP) is 0.126. The topological polar surface area (TPSA) is 75.4 Å². The third kappa shape index (κ3) is 5.59. The van der Waals surface area contributed by atoms with Crippen LogP contribution in [0, 0.1) is 0 Å². The Morgan fingerprint density at radius 2 is 1.94 bits per heavy atom. The predicted molar refractivity (Wildman–Crippen MR) is 73.5 cm³/mol. The van der Waals surface area contributed by atoms with Crippen molar-refractivity contribution in [3.63, 3.8) is 0 Å². The molecule has 0 spiro atoms. The lowest BCUT2D eigenvalue weighted by Gasteiger charge is -2.11. The maximum atomic E-state index is 11.8. The summed E-state index contributed by atoms with van der Waals surface area (Å²) in [6, 6.07) is 7.33. The van der Waals surface area contributed by atoms with E-state index >= 15 is 0 Å². The second-order valence-corrected chi connectivity index (χ2v) is 6.29. The molecule has 0 saturated carbocycles. The van der Waals surface area contributed by atoms with Gasteiger partial charge in [0.1, 0.15) is 0 Å². The van der Waals surface area contributed by atoms with Gasteiger partial charge in [-0.25, -0.2) is 13.1 Å².